The minimum Gasteiger partial charge on any atom is -0.385 e. The standard InChI is InChI=1S/C17H22F3N3O/c1-24-10-2-7-23-8-5-15(6-9-23)22-16-4-3-14(17(18,19)20)11-13(16)12-21/h3-4,11,15,22H,2,5-10H2,1H3. The van der Waals surface area contributed by atoms with Crippen LogP contribution in [0.15, 0.2) is 18.2 Å². The van der Waals surface area contributed by atoms with Crippen LogP contribution in [0.1, 0.15) is 30.4 Å². The summed E-state index contributed by atoms with van der Waals surface area (Å²) < 4.78 is 43.2. The number of rotatable bonds is 6. The van der Waals surface area contributed by atoms with E-state index in [2.05, 4.69) is 10.2 Å². The van der Waals surface area contributed by atoms with Crippen LogP contribution in [0.2, 0.25) is 0 Å². The second-order valence-corrected chi connectivity index (χ2v) is 5.98. The van der Waals surface area contributed by atoms with Crippen molar-refractivity contribution in [2.24, 2.45) is 0 Å². The number of halogens is 3. The van der Waals surface area contributed by atoms with Gasteiger partial charge in [-0.15, -0.1) is 0 Å². The van der Waals surface area contributed by atoms with Gasteiger partial charge in [0.25, 0.3) is 0 Å². The van der Waals surface area contributed by atoms with Crippen LogP contribution in [0.4, 0.5) is 18.9 Å². The summed E-state index contributed by atoms with van der Waals surface area (Å²) in [5, 5.41) is 12.3. The average molecular weight is 341 g/mol. The Balaban J connectivity index is 1.92. The molecule has 0 atom stereocenters. The number of benzene rings is 1. The highest BCUT2D eigenvalue weighted by Gasteiger charge is 2.31. The van der Waals surface area contributed by atoms with Crippen molar-refractivity contribution in [2.45, 2.75) is 31.5 Å². The molecule has 0 amide bonds. The van der Waals surface area contributed by atoms with Crippen molar-refractivity contribution in [3.63, 3.8) is 0 Å². The number of ether oxygens (including phenoxy) is 1. The minimum absolute atomic E-state index is 0.0346. The first-order valence-electron chi connectivity index (χ1n) is 8.03. The smallest absolute Gasteiger partial charge is 0.385 e. The lowest BCUT2D eigenvalue weighted by molar-refractivity contribution is -0.137. The Kier molecular flexibility index (Phi) is 6.46. The lowest BCUT2D eigenvalue weighted by atomic mass is 10.0. The normalized spacial score (nSPS) is 16.8. The average Bonchev–Trinajstić information content (AvgIpc) is 2.56. The predicted octanol–water partition coefficient (Wildman–Crippen LogP) is 3.49. The Morgan fingerprint density at radius 3 is 2.62 bits per heavy atom. The molecular weight excluding hydrogens is 319 g/mol. The van der Waals surface area contributed by atoms with Gasteiger partial charge in [0.2, 0.25) is 0 Å². The number of hydrogen-bond acceptors (Lipinski definition) is 4. The Morgan fingerprint density at radius 2 is 2.04 bits per heavy atom. The maximum absolute atomic E-state index is 12.7. The van der Waals surface area contributed by atoms with Gasteiger partial charge >= 0.3 is 6.18 Å². The summed E-state index contributed by atoms with van der Waals surface area (Å²) in [4.78, 5) is 2.36. The number of alkyl halides is 3. The molecule has 0 radical (unpaired) electrons. The van der Waals surface area contributed by atoms with E-state index in [4.69, 9.17) is 10.00 Å². The highest BCUT2D eigenvalue weighted by Crippen LogP contribution is 2.32. The van der Waals surface area contributed by atoms with E-state index in [0.717, 1.165) is 57.6 Å². The molecule has 4 nitrogen and oxygen atoms in total. The topological polar surface area (TPSA) is 48.3 Å². The van der Waals surface area contributed by atoms with Crippen LogP contribution in [0.5, 0.6) is 0 Å². The highest BCUT2D eigenvalue weighted by molar-refractivity contribution is 5.59. The molecule has 1 fully saturated rings. The molecule has 1 N–H and O–H groups in total. The van der Waals surface area contributed by atoms with Gasteiger partial charge < -0.3 is 15.0 Å². The Morgan fingerprint density at radius 1 is 1.33 bits per heavy atom. The third-order valence-electron chi connectivity index (χ3n) is 4.24. The van der Waals surface area contributed by atoms with Crippen LogP contribution in [0.25, 0.3) is 0 Å². The molecule has 132 valence electrons. The van der Waals surface area contributed by atoms with Gasteiger partial charge in [0.1, 0.15) is 6.07 Å². The van der Waals surface area contributed by atoms with Crippen molar-refractivity contribution in [3.05, 3.63) is 29.3 Å². The summed E-state index contributed by atoms with van der Waals surface area (Å²) in [5.74, 6) is 0. The fraction of sp³-hybridized carbons (Fsp3) is 0.588. The molecule has 1 aliphatic rings. The van der Waals surface area contributed by atoms with Gasteiger partial charge in [-0.25, -0.2) is 0 Å². The summed E-state index contributed by atoms with van der Waals surface area (Å²) in [7, 11) is 1.69. The third kappa shape index (κ3) is 5.11. The van der Waals surface area contributed by atoms with E-state index in [-0.39, 0.29) is 11.6 Å². The molecule has 0 saturated carbocycles. The Bertz CT molecular complexity index is 575. The maximum atomic E-state index is 12.7. The maximum Gasteiger partial charge on any atom is 0.416 e. The fourth-order valence-corrected chi connectivity index (χ4v) is 2.89. The van der Waals surface area contributed by atoms with Crippen molar-refractivity contribution in [2.75, 3.05) is 38.7 Å². The van der Waals surface area contributed by atoms with E-state index in [1.807, 2.05) is 6.07 Å². The molecule has 0 aliphatic carbocycles. The molecule has 24 heavy (non-hydrogen) atoms. The van der Waals surface area contributed by atoms with Crippen molar-refractivity contribution >= 4 is 5.69 Å². The van der Waals surface area contributed by atoms with Gasteiger partial charge in [-0.05, 0) is 37.5 Å². The van der Waals surface area contributed by atoms with E-state index in [9.17, 15) is 13.2 Å². The predicted molar refractivity (Wildman–Crippen MR) is 85.7 cm³/mol. The molecule has 0 bridgehead atoms. The monoisotopic (exact) mass is 341 g/mol. The van der Waals surface area contributed by atoms with Gasteiger partial charge in [0.05, 0.1) is 16.8 Å². The van der Waals surface area contributed by atoms with Gasteiger partial charge in [0, 0.05) is 39.4 Å². The third-order valence-corrected chi connectivity index (χ3v) is 4.24. The van der Waals surface area contributed by atoms with Crippen molar-refractivity contribution in [1.82, 2.24) is 4.90 Å². The van der Waals surface area contributed by atoms with Crippen molar-refractivity contribution in [1.29, 1.82) is 5.26 Å². The van der Waals surface area contributed by atoms with Crippen LogP contribution in [-0.4, -0.2) is 44.3 Å². The highest BCUT2D eigenvalue weighted by atomic mass is 19.4. The number of nitriles is 1. The van der Waals surface area contributed by atoms with E-state index in [1.54, 1.807) is 7.11 Å². The minimum atomic E-state index is -4.43. The Labute approximate surface area is 140 Å². The Hall–Kier alpha value is -1.78. The molecule has 2 rings (SSSR count). The molecule has 1 heterocycles. The van der Waals surface area contributed by atoms with Crippen LogP contribution in [-0.2, 0) is 10.9 Å². The van der Waals surface area contributed by atoms with Gasteiger partial charge in [-0.1, -0.05) is 0 Å². The molecule has 0 aromatic heterocycles. The van der Waals surface area contributed by atoms with Crippen LogP contribution < -0.4 is 5.32 Å². The number of nitrogens with zero attached hydrogens (tertiary/aromatic N) is 2. The summed E-state index contributed by atoms with van der Waals surface area (Å²) in [5.41, 5.74) is -0.284. The first kappa shape index (κ1) is 18.6. The fourth-order valence-electron chi connectivity index (χ4n) is 2.89. The van der Waals surface area contributed by atoms with Crippen molar-refractivity contribution < 1.29 is 17.9 Å². The molecule has 1 aliphatic heterocycles. The lowest BCUT2D eigenvalue weighted by Gasteiger charge is -2.33. The zero-order valence-corrected chi connectivity index (χ0v) is 13.7. The summed E-state index contributed by atoms with van der Waals surface area (Å²) in [6.45, 7) is 3.60. The summed E-state index contributed by atoms with van der Waals surface area (Å²) >= 11 is 0. The van der Waals surface area contributed by atoms with Gasteiger partial charge in [-0.2, -0.15) is 18.4 Å². The van der Waals surface area contributed by atoms with E-state index < -0.39 is 11.7 Å². The zero-order valence-electron chi connectivity index (χ0n) is 13.7. The number of methoxy groups -OCH3 is 1. The largest absolute Gasteiger partial charge is 0.416 e. The summed E-state index contributed by atoms with van der Waals surface area (Å²) in [6, 6.07) is 5.30. The molecule has 1 aromatic rings. The number of piperidine rings is 1. The van der Waals surface area contributed by atoms with E-state index in [0.29, 0.717) is 5.69 Å². The number of likely N-dealkylation sites (tertiary alicyclic amines) is 1. The van der Waals surface area contributed by atoms with Crippen LogP contribution in [0, 0.1) is 11.3 Å². The number of anilines is 1. The summed E-state index contributed by atoms with van der Waals surface area (Å²) in [6.07, 6.45) is -1.64. The molecule has 1 saturated heterocycles. The van der Waals surface area contributed by atoms with Gasteiger partial charge in [-0.3, -0.25) is 0 Å². The van der Waals surface area contributed by atoms with Crippen molar-refractivity contribution in [3.8, 4) is 6.07 Å². The number of nitrogens with one attached hydrogen (secondary N) is 1. The number of hydrogen-bond donors (Lipinski definition) is 1. The molecule has 1 aromatic carbocycles. The first-order chi connectivity index (χ1) is 11.4. The molecule has 7 heteroatoms. The quantitative estimate of drug-likeness (QED) is 0.805. The second kappa shape index (κ2) is 8.36. The zero-order chi connectivity index (χ0) is 17.6. The van der Waals surface area contributed by atoms with Crippen LogP contribution in [0.3, 0.4) is 0 Å². The van der Waals surface area contributed by atoms with E-state index in [1.165, 1.54) is 6.07 Å². The van der Waals surface area contributed by atoms with Gasteiger partial charge in [0.15, 0.2) is 0 Å². The first-order valence-corrected chi connectivity index (χ1v) is 8.03. The lowest BCUT2D eigenvalue weighted by Crippen LogP contribution is -2.39. The van der Waals surface area contributed by atoms with E-state index >= 15 is 0 Å². The molecule has 0 unspecified atom stereocenters. The molecule has 0 spiro atoms. The molecular formula is C17H22F3N3O. The van der Waals surface area contributed by atoms with Crippen LogP contribution >= 0.6 is 0 Å². The second-order valence-electron chi connectivity index (χ2n) is 5.98. The SMILES string of the molecule is COCCCN1CCC(Nc2ccc(C(F)(F)F)cc2C#N)CC1.